The molecule has 3 aromatic rings. The van der Waals surface area contributed by atoms with Crippen molar-refractivity contribution in [1.82, 2.24) is 9.78 Å². The van der Waals surface area contributed by atoms with Crippen molar-refractivity contribution in [3.8, 4) is 0 Å². The van der Waals surface area contributed by atoms with Crippen molar-refractivity contribution in [3.05, 3.63) is 81.6 Å². The number of nitrogens with zero attached hydrogens (tertiary/aromatic N) is 2. The molecule has 1 N–H and O–H groups in total. The van der Waals surface area contributed by atoms with Crippen LogP contribution in [0.1, 0.15) is 44.5 Å². The topological polar surface area (TPSA) is 107 Å². The molecule has 0 amide bonds. The summed E-state index contributed by atoms with van der Waals surface area (Å²) in [5, 5.41) is 4.47. The Morgan fingerprint density at radius 3 is 2.27 bits per heavy atom. The van der Waals surface area contributed by atoms with Crippen LogP contribution >= 0.6 is 11.6 Å². The van der Waals surface area contributed by atoms with Crippen LogP contribution in [0.25, 0.3) is 0 Å². The highest BCUT2D eigenvalue weighted by molar-refractivity contribution is 7.92. The van der Waals surface area contributed by atoms with Crippen LogP contribution in [0.15, 0.2) is 48.5 Å². The van der Waals surface area contributed by atoms with Crippen molar-refractivity contribution in [2.24, 2.45) is 0 Å². The largest absolute Gasteiger partial charge is 0.451 e. The minimum atomic E-state index is -3.43. The average molecular weight is 490 g/mol. The summed E-state index contributed by atoms with van der Waals surface area (Å²) in [6.45, 7) is 5.48. The lowest BCUT2D eigenvalue weighted by Gasteiger charge is -2.13. The van der Waals surface area contributed by atoms with Crippen LogP contribution < -0.4 is 4.72 Å². The minimum absolute atomic E-state index is 0.108. The summed E-state index contributed by atoms with van der Waals surface area (Å²) in [7, 11) is -3.43. The van der Waals surface area contributed by atoms with Gasteiger partial charge in [-0.3, -0.25) is 9.52 Å². The lowest BCUT2D eigenvalue weighted by molar-refractivity contribution is 0.0318. The second-order valence-electron chi connectivity index (χ2n) is 7.76. The van der Waals surface area contributed by atoms with E-state index in [1.807, 2.05) is 31.2 Å². The number of benzene rings is 2. The third-order valence-corrected chi connectivity index (χ3v) is 5.84. The minimum Gasteiger partial charge on any atom is -0.451 e. The van der Waals surface area contributed by atoms with E-state index in [-0.39, 0.29) is 16.3 Å². The van der Waals surface area contributed by atoms with E-state index in [4.69, 9.17) is 16.3 Å². The maximum absolute atomic E-state index is 12.8. The molecule has 3 rings (SSSR count). The predicted octanol–water partition coefficient (Wildman–Crippen LogP) is 4.00. The van der Waals surface area contributed by atoms with E-state index < -0.39 is 27.9 Å². The van der Waals surface area contributed by atoms with Gasteiger partial charge in [-0.05, 0) is 50.6 Å². The molecule has 174 valence electrons. The normalized spacial score (nSPS) is 12.3. The van der Waals surface area contributed by atoms with Gasteiger partial charge in [-0.25, -0.2) is 17.9 Å². The predicted molar refractivity (Wildman–Crippen MR) is 126 cm³/mol. The molecule has 33 heavy (non-hydrogen) atoms. The van der Waals surface area contributed by atoms with Gasteiger partial charge in [0.2, 0.25) is 15.8 Å². The number of rotatable bonds is 8. The first-order valence-corrected chi connectivity index (χ1v) is 12.3. The highest BCUT2D eigenvalue weighted by Crippen LogP contribution is 2.23. The summed E-state index contributed by atoms with van der Waals surface area (Å²) in [6.07, 6.45) is -0.0500. The van der Waals surface area contributed by atoms with E-state index in [1.54, 1.807) is 6.92 Å². The molecule has 0 fully saturated rings. The van der Waals surface area contributed by atoms with E-state index in [2.05, 4.69) is 9.82 Å². The van der Waals surface area contributed by atoms with E-state index in [0.29, 0.717) is 17.9 Å². The maximum Gasteiger partial charge on any atom is 0.343 e. The van der Waals surface area contributed by atoms with Crippen LogP contribution in [0.5, 0.6) is 0 Å². The van der Waals surface area contributed by atoms with Crippen molar-refractivity contribution in [1.29, 1.82) is 0 Å². The zero-order valence-electron chi connectivity index (χ0n) is 18.6. The fraction of sp³-hybridized carbons (Fsp3) is 0.261. The fourth-order valence-electron chi connectivity index (χ4n) is 3.18. The molecule has 8 nitrogen and oxygen atoms in total. The first-order chi connectivity index (χ1) is 15.4. The van der Waals surface area contributed by atoms with Crippen LogP contribution in [0.3, 0.4) is 0 Å². The zero-order valence-corrected chi connectivity index (χ0v) is 20.2. The zero-order chi connectivity index (χ0) is 24.3. The fourth-order valence-corrected chi connectivity index (χ4v) is 4.06. The van der Waals surface area contributed by atoms with Crippen molar-refractivity contribution in [2.45, 2.75) is 33.4 Å². The van der Waals surface area contributed by atoms with Crippen LogP contribution in [0.4, 0.5) is 5.69 Å². The molecule has 2 aromatic carbocycles. The molecular formula is C23H24ClN3O5S. The van der Waals surface area contributed by atoms with E-state index in [1.165, 1.54) is 35.9 Å². The highest BCUT2D eigenvalue weighted by Gasteiger charge is 2.26. The number of sulfonamides is 1. The molecule has 0 aliphatic heterocycles. The second kappa shape index (κ2) is 9.76. The van der Waals surface area contributed by atoms with Crippen molar-refractivity contribution in [2.75, 3.05) is 11.0 Å². The molecule has 0 saturated carbocycles. The molecule has 1 atom stereocenters. The molecule has 0 spiro atoms. The van der Waals surface area contributed by atoms with Crippen LogP contribution in [-0.4, -0.2) is 42.3 Å². The summed E-state index contributed by atoms with van der Waals surface area (Å²) < 4.78 is 31.8. The van der Waals surface area contributed by atoms with Gasteiger partial charge in [0.25, 0.3) is 0 Å². The number of carbonyl (C=O) groups excluding carboxylic acids is 2. The Kier molecular flexibility index (Phi) is 7.24. The lowest BCUT2D eigenvalue weighted by atomic mass is 10.1. The highest BCUT2D eigenvalue weighted by atomic mass is 35.5. The van der Waals surface area contributed by atoms with Crippen LogP contribution in [-0.2, 0) is 21.3 Å². The molecule has 0 aliphatic rings. The molecular weight excluding hydrogens is 466 g/mol. The van der Waals surface area contributed by atoms with Gasteiger partial charge in [0, 0.05) is 11.3 Å². The SMILES string of the molecule is Cc1ccc(Cn2nc(C)c(C(=O)OC(C)C(=O)c3ccc(NS(C)(=O)=O)cc3)c2Cl)cc1. The Morgan fingerprint density at radius 2 is 1.70 bits per heavy atom. The summed E-state index contributed by atoms with van der Waals surface area (Å²) in [6, 6.07) is 13.7. The number of halogens is 1. The Hall–Kier alpha value is -3.17. The van der Waals surface area contributed by atoms with Crippen molar-refractivity contribution < 1.29 is 22.7 Å². The summed E-state index contributed by atoms with van der Waals surface area (Å²) in [5.41, 5.74) is 3.20. The molecule has 1 unspecified atom stereocenters. The van der Waals surface area contributed by atoms with Gasteiger partial charge in [0.05, 0.1) is 18.5 Å². The molecule has 0 aliphatic carbocycles. The molecule has 0 radical (unpaired) electrons. The first-order valence-electron chi connectivity index (χ1n) is 10.1. The number of hydrogen-bond acceptors (Lipinski definition) is 6. The number of aromatic nitrogens is 2. The number of anilines is 1. The number of esters is 1. The van der Waals surface area contributed by atoms with Gasteiger partial charge in [0.15, 0.2) is 6.10 Å². The van der Waals surface area contributed by atoms with Gasteiger partial charge in [-0.15, -0.1) is 0 Å². The van der Waals surface area contributed by atoms with Gasteiger partial charge in [-0.1, -0.05) is 41.4 Å². The van der Waals surface area contributed by atoms with Gasteiger partial charge < -0.3 is 4.74 Å². The maximum atomic E-state index is 12.8. The summed E-state index contributed by atoms with van der Waals surface area (Å²) in [4.78, 5) is 25.4. The number of nitrogens with one attached hydrogen (secondary N) is 1. The second-order valence-corrected chi connectivity index (χ2v) is 9.86. The summed E-state index contributed by atoms with van der Waals surface area (Å²) in [5.74, 6) is -1.18. The summed E-state index contributed by atoms with van der Waals surface area (Å²) >= 11 is 6.41. The van der Waals surface area contributed by atoms with E-state index >= 15 is 0 Å². The monoisotopic (exact) mass is 489 g/mol. The lowest BCUT2D eigenvalue weighted by Crippen LogP contribution is -2.24. The Balaban J connectivity index is 1.71. The number of Topliss-reactive ketones (excluding diaryl/α,β-unsaturated/α-hetero) is 1. The van der Waals surface area contributed by atoms with Crippen molar-refractivity contribution >= 4 is 39.1 Å². The first kappa shape index (κ1) is 24.5. The van der Waals surface area contributed by atoms with Crippen LogP contribution in [0.2, 0.25) is 5.15 Å². The number of hydrogen-bond donors (Lipinski definition) is 1. The number of ketones is 1. The standard InChI is InChI=1S/C23H24ClN3O5S/c1-14-5-7-17(8-6-14)13-27-22(24)20(15(2)25-27)23(29)32-16(3)21(28)18-9-11-19(12-10-18)26-33(4,30)31/h5-12,16,26H,13H2,1-4H3. The molecule has 10 heteroatoms. The molecule has 0 bridgehead atoms. The molecule has 1 aromatic heterocycles. The van der Waals surface area contributed by atoms with E-state index in [0.717, 1.165) is 17.4 Å². The number of aryl methyl sites for hydroxylation is 2. The third kappa shape index (κ3) is 6.21. The van der Waals surface area contributed by atoms with Gasteiger partial charge in [0.1, 0.15) is 10.7 Å². The molecule has 1 heterocycles. The van der Waals surface area contributed by atoms with Crippen LogP contribution in [0, 0.1) is 13.8 Å². The third-order valence-electron chi connectivity index (χ3n) is 4.85. The molecule has 0 saturated heterocycles. The van der Waals surface area contributed by atoms with Gasteiger partial charge in [-0.2, -0.15) is 5.10 Å². The Morgan fingerprint density at radius 1 is 1.09 bits per heavy atom. The van der Waals surface area contributed by atoms with E-state index in [9.17, 15) is 18.0 Å². The van der Waals surface area contributed by atoms with Crippen molar-refractivity contribution in [3.63, 3.8) is 0 Å². The number of carbonyl (C=O) groups is 2. The average Bonchev–Trinajstić information content (AvgIpc) is 3.01. The Labute approximate surface area is 197 Å². The quantitative estimate of drug-likeness (QED) is 0.378. The number of ether oxygens (including phenoxy) is 1. The van der Waals surface area contributed by atoms with Gasteiger partial charge >= 0.3 is 5.97 Å². The Bertz CT molecular complexity index is 1280. The smallest absolute Gasteiger partial charge is 0.343 e.